The van der Waals surface area contributed by atoms with Crippen molar-refractivity contribution in [2.45, 2.75) is 39.3 Å². The lowest BCUT2D eigenvalue weighted by atomic mass is 10.0. The van der Waals surface area contributed by atoms with E-state index >= 15 is 0 Å². The van der Waals surface area contributed by atoms with E-state index in [2.05, 4.69) is 45.0 Å². The number of likely N-dealkylation sites (tertiary alicyclic amines) is 1. The van der Waals surface area contributed by atoms with E-state index in [1.54, 1.807) is 0 Å². The Kier molecular flexibility index (Phi) is 2.79. The van der Waals surface area contributed by atoms with Crippen molar-refractivity contribution in [2.24, 2.45) is 5.92 Å². The van der Waals surface area contributed by atoms with Crippen molar-refractivity contribution in [1.82, 2.24) is 10.2 Å². The second kappa shape index (κ2) is 3.35. The average Bonchev–Trinajstić information content (AvgIpc) is 2.06. The molecule has 0 amide bonds. The normalized spacial score (nSPS) is 32.8. The van der Waals surface area contributed by atoms with Gasteiger partial charge >= 0.3 is 0 Å². The Morgan fingerprint density at radius 2 is 1.83 bits per heavy atom. The van der Waals surface area contributed by atoms with E-state index in [0.717, 1.165) is 5.92 Å². The van der Waals surface area contributed by atoms with Crippen LogP contribution in [0.1, 0.15) is 27.7 Å². The van der Waals surface area contributed by atoms with Crippen molar-refractivity contribution < 1.29 is 0 Å². The van der Waals surface area contributed by atoms with Crippen LogP contribution in [0.25, 0.3) is 0 Å². The van der Waals surface area contributed by atoms with Gasteiger partial charge in [0.25, 0.3) is 0 Å². The summed E-state index contributed by atoms with van der Waals surface area (Å²) in [5.74, 6) is 0.786. The summed E-state index contributed by atoms with van der Waals surface area (Å²) in [6.07, 6.45) is 0. The Balaban J connectivity index is 2.43. The summed E-state index contributed by atoms with van der Waals surface area (Å²) in [5, 5.41) is 3.66. The van der Waals surface area contributed by atoms with Gasteiger partial charge in [0.05, 0.1) is 0 Å². The predicted molar refractivity (Wildman–Crippen MR) is 53.3 cm³/mol. The topological polar surface area (TPSA) is 15.3 Å². The minimum atomic E-state index is 0.254. The Hall–Kier alpha value is -0.0800. The van der Waals surface area contributed by atoms with Crippen LogP contribution in [0.2, 0.25) is 0 Å². The summed E-state index contributed by atoms with van der Waals surface area (Å²) in [7, 11) is 2.20. The quantitative estimate of drug-likeness (QED) is 0.638. The Bertz CT molecular complexity index is 148. The fourth-order valence-corrected chi connectivity index (χ4v) is 1.95. The molecule has 2 atom stereocenters. The van der Waals surface area contributed by atoms with Crippen molar-refractivity contribution >= 4 is 0 Å². The summed E-state index contributed by atoms with van der Waals surface area (Å²) in [6, 6.07) is 0.676. The molecule has 0 aromatic carbocycles. The van der Waals surface area contributed by atoms with Crippen LogP contribution >= 0.6 is 0 Å². The molecule has 0 saturated carbocycles. The third-order valence-electron chi connectivity index (χ3n) is 2.41. The first-order valence-corrected chi connectivity index (χ1v) is 4.85. The minimum Gasteiger partial charge on any atom is -0.308 e. The monoisotopic (exact) mass is 170 g/mol. The van der Waals surface area contributed by atoms with Crippen LogP contribution in [0.3, 0.4) is 0 Å². The summed E-state index contributed by atoms with van der Waals surface area (Å²) in [5.41, 5.74) is 0.254. The van der Waals surface area contributed by atoms with Crippen LogP contribution in [0.5, 0.6) is 0 Å². The number of nitrogens with one attached hydrogen (secondary N) is 1. The maximum absolute atomic E-state index is 3.66. The number of hydrogen-bond acceptors (Lipinski definition) is 2. The summed E-state index contributed by atoms with van der Waals surface area (Å²) in [6.45, 7) is 11.5. The standard InChI is InChI=1S/C10H22N2/c1-8-6-12(5)7-9(8)11-10(2,3)4/h8-9,11H,6-7H2,1-5H3. The molecule has 0 bridgehead atoms. The molecular formula is C10H22N2. The van der Waals surface area contributed by atoms with Crippen molar-refractivity contribution in [3.8, 4) is 0 Å². The zero-order valence-electron chi connectivity index (χ0n) is 9.02. The largest absolute Gasteiger partial charge is 0.308 e. The lowest BCUT2D eigenvalue weighted by Crippen LogP contribution is -2.46. The lowest BCUT2D eigenvalue weighted by Gasteiger charge is -2.27. The molecule has 2 nitrogen and oxygen atoms in total. The van der Waals surface area contributed by atoms with Gasteiger partial charge in [0, 0.05) is 24.7 Å². The second-order valence-corrected chi connectivity index (χ2v) is 5.20. The highest BCUT2D eigenvalue weighted by molar-refractivity contribution is 4.89. The van der Waals surface area contributed by atoms with Crippen LogP contribution in [-0.2, 0) is 0 Å². The number of rotatable bonds is 1. The molecule has 0 aromatic rings. The van der Waals surface area contributed by atoms with Crippen LogP contribution in [0, 0.1) is 5.92 Å². The molecule has 12 heavy (non-hydrogen) atoms. The summed E-state index contributed by atoms with van der Waals surface area (Å²) < 4.78 is 0. The molecule has 0 aromatic heterocycles. The van der Waals surface area contributed by atoms with E-state index in [-0.39, 0.29) is 5.54 Å². The molecule has 1 aliphatic heterocycles. The van der Waals surface area contributed by atoms with Gasteiger partial charge in [0.2, 0.25) is 0 Å². The van der Waals surface area contributed by atoms with Crippen molar-refractivity contribution in [2.75, 3.05) is 20.1 Å². The molecule has 1 fully saturated rings. The molecule has 1 N–H and O–H groups in total. The molecular weight excluding hydrogens is 148 g/mol. The molecule has 0 aliphatic carbocycles. The third kappa shape index (κ3) is 2.76. The van der Waals surface area contributed by atoms with Crippen molar-refractivity contribution in [3.05, 3.63) is 0 Å². The molecule has 2 unspecified atom stereocenters. The van der Waals surface area contributed by atoms with Gasteiger partial charge in [0.15, 0.2) is 0 Å². The first-order chi connectivity index (χ1) is 5.38. The third-order valence-corrected chi connectivity index (χ3v) is 2.41. The molecule has 1 saturated heterocycles. The second-order valence-electron chi connectivity index (χ2n) is 5.20. The van der Waals surface area contributed by atoms with Gasteiger partial charge in [-0.2, -0.15) is 0 Å². The first kappa shape index (κ1) is 10.0. The van der Waals surface area contributed by atoms with Gasteiger partial charge in [-0.25, -0.2) is 0 Å². The zero-order chi connectivity index (χ0) is 9.35. The van der Waals surface area contributed by atoms with Gasteiger partial charge in [-0.3, -0.25) is 0 Å². The highest BCUT2D eigenvalue weighted by Gasteiger charge is 2.29. The molecule has 2 heteroatoms. The van der Waals surface area contributed by atoms with Crippen molar-refractivity contribution in [1.29, 1.82) is 0 Å². The average molecular weight is 170 g/mol. The molecule has 72 valence electrons. The Labute approximate surface area is 76.3 Å². The van der Waals surface area contributed by atoms with Crippen LogP contribution < -0.4 is 5.32 Å². The van der Waals surface area contributed by atoms with E-state index < -0.39 is 0 Å². The minimum absolute atomic E-state index is 0.254. The molecule has 1 aliphatic rings. The number of hydrogen-bond donors (Lipinski definition) is 1. The van der Waals surface area contributed by atoms with E-state index in [9.17, 15) is 0 Å². The molecule has 0 spiro atoms. The molecule has 0 radical (unpaired) electrons. The summed E-state index contributed by atoms with van der Waals surface area (Å²) in [4.78, 5) is 2.40. The van der Waals surface area contributed by atoms with E-state index in [1.807, 2.05) is 0 Å². The maximum Gasteiger partial charge on any atom is 0.0237 e. The number of likely N-dealkylation sites (N-methyl/N-ethyl adjacent to an activating group) is 1. The highest BCUT2D eigenvalue weighted by Crippen LogP contribution is 2.17. The van der Waals surface area contributed by atoms with E-state index in [0.29, 0.717) is 6.04 Å². The Morgan fingerprint density at radius 1 is 1.25 bits per heavy atom. The van der Waals surface area contributed by atoms with E-state index in [1.165, 1.54) is 13.1 Å². The van der Waals surface area contributed by atoms with Gasteiger partial charge in [0.1, 0.15) is 0 Å². The molecule has 1 heterocycles. The van der Waals surface area contributed by atoms with Crippen LogP contribution in [0.15, 0.2) is 0 Å². The van der Waals surface area contributed by atoms with Gasteiger partial charge in [-0.1, -0.05) is 6.92 Å². The zero-order valence-corrected chi connectivity index (χ0v) is 9.02. The lowest BCUT2D eigenvalue weighted by molar-refractivity contribution is 0.326. The fourth-order valence-electron chi connectivity index (χ4n) is 1.95. The molecule has 1 rings (SSSR count). The Morgan fingerprint density at radius 3 is 2.17 bits per heavy atom. The van der Waals surface area contributed by atoms with Crippen molar-refractivity contribution in [3.63, 3.8) is 0 Å². The fraction of sp³-hybridized carbons (Fsp3) is 1.00. The SMILES string of the molecule is CC1CN(C)CC1NC(C)(C)C. The summed E-state index contributed by atoms with van der Waals surface area (Å²) >= 11 is 0. The van der Waals surface area contributed by atoms with Gasteiger partial charge in [-0.15, -0.1) is 0 Å². The van der Waals surface area contributed by atoms with Crippen LogP contribution in [-0.4, -0.2) is 36.6 Å². The van der Waals surface area contributed by atoms with Gasteiger partial charge < -0.3 is 10.2 Å². The van der Waals surface area contributed by atoms with E-state index in [4.69, 9.17) is 0 Å². The number of nitrogens with zero attached hydrogens (tertiary/aromatic N) is 1. The predicted octanol–water partition coefficient (Wildman–Crippen LogP) is 1.32. The smallest absolute Gasteiger partial charge is 0.0237 e. The maximum atomic E-state index is 3.66. The van der Waals surface area contributed by atoms with Crippen LogP contribution in [0.4, 0.5) is 0 Å². The highest BCUT2D eigenvalue weighted by atomic mass is 15.2. The van der Waals surface area contributed by atoms with Gasteiger partial charge in [-0.05, 0) is 33.7 Å². The first-order valence-electron chi connectivity index (χ1n) is 4.85.